The summed E-state index contributed by atoms with van der Waals surface area (Å²) in [5.74, 6) is -0.867. The van der Waals surface area contributed by atoms with Crippen molar-refractivity contribution in [3.63, 3.8) is 0 Å². The summed E-state index contributed by atoms with van der Waals surface area (Å²) < 4.78 is 6.17. The molecule has 0 fully saturated rings. The number of aromatic nitrogens is 1. The van der Waals surface area contributed by atoms with Gasteiger partial charge in [0.1, 0.15) is 0 Å². The lowest BCUT2D eigenvalue weighted by atomic mass is 9.89. The maximum atomic E-state index is 12.4. The molecule has 1 atom stereocenters. The zero-order valence-corrected chi connectivity index (χ0v) is 13.5. The van der Waals surface area contributed by atoms with Gasteiger partial charge in [-0.05, 0) is 24.6 Å². The maximum Gasteiger partial charge on any atom is 0.339 e. The van der Waals surface area contributed by atoms with Gasteiger partial charge in [0.2, 0.25) is 0 Å². The molecule has 2 heterocycles. The number of amides is 1. The van der Waals surface area contributed by atoms with Crippen molar-refractivity contribution < 1.29 is 14.3 Å². The summed E-state index contributed by atoms with van der Waals surface area (Å²) in [6, 6.07) is 5.38. The van der Waals surface area contributed by atoms with Gasteiger partial charge >= 0.3 is 5.97 Å². The standard InChI is InChI=1S/C14H11BrN2O3S/c1-14(12(19)17-13-16-4-5-21-13)7-8-2-3-9(15)6-10(8)11(18)20-14/h2-6H,7H2,1H3,(H,16,17,19). The van der Waals surface area contributed by atoms with E-state index in [1.54, 1.807) is 24.6 Å². The van der Waals surface area contributed by atoms with Crippen LogP contribution in [0.5, 0.6) is 0 Å². The van der Waals surface area contributed by atoms with E-state index in [0.29, 0.717) is 17.1 Å². The zero-order valence-electron chi connectivity index (χ0n) is 11.1. The zero-order chi connectivity index (χ0) is 15.0. The second-order valence-electron chi connectivity index (χ2n) is 4.89. The van der Waals surface area contributed by atoms with Gasteiger partial charge in [0.15, 0.2) is 10.7 Å². The second-order valence-corrected chi connectivity index (χ2v) is 6.70. The van der Waals surface area contributed by atoms with Crippen LogP contribution in [0.25, 0.3) is 0 Å². The molecule has 21 heavy (non-hydrogen) atoms. The number of nitrogens with one attached hydrogen (secondary N) is 1. The molecule has 0 radical (unpaired) electrons. The summed E-state index contributed by atoms with van der Waals surface area (Å²) in [6.07, 6.45) is 1.93. The number of hydrogen-bond donors (Lipinski definition) is 1. The highest BCUT2D eigenvalue weighted by Crippen LogP contribution is 2.31. The van der Waals surface area contributed by atoms with Crippen molar-refractivity contribution >= 4 is 44.3 Å². The number of hydrogen-bond acceptors (Lipinski definition) is 5. The molecule has 0 spiro atoms. The second kappa shape index (κ2) is 5.23. The molecule has 1 aliphatic heterocycles. The Morgan fingerprint density at radius 3 is 3.05 bits per heavy atom. The van der Waals surface area contributed by atoms with Crippen LogP contribution in [0.2, 0.25) is 0 Å². The first kappa shape index (κ1) is 14.2. The summed E-state index contributed by atoms with van der Waals surface area (Å²) in [6.45, 7) is 1.61. The highest BCUT2D eigenvalue weighted by molar-refractivity contribution is 9.10. The van der Waals surface area contributed by atoms with E-state index >= 15 is 0 Å². The van der Waals surface area contributed by atoms with Crippen LogP contribution >= 0.6 is 27.3 Å². The van der Waals surface area contributed by atoms with Crippen molar-refractivity contribution in [2.45, 2.75) is 18.9 Å². The number of carbonyl (C=O) groups is 2. The van der Waals surface area contributed by atoms with E-state index in [1.165, 1.54) is 11.3 Å². The highest BCUT2D eigenvalue weighted by atomic mass is 79.9. The van der Waals surface area contributed by atoms with Crippen LogP contribution in [0, 0.1) is 0 Å². The third kappa shape index (κ3) is 2.71. The molecular formula is C14H11BrN2O3S. The summed E-state index contributed by atoms with van der Waals surface area (Å²) in [4.78, 5) is 28.5. The SMILES string of the molecule is CC1(C(=O)Nc2nccs2)Cc2ccc(Br)cc2C(=O)O1. The summed E-state index contributed by atoms with van der Waals surface area (Å²) >= 11 is 4.63. The van der Waals surface area contributed by atoms with Gasteiger partial charge < -0.3 is 4.74 Å². The van der Waals surface area contributed by atoms with Crippen molar-refractivity contribution in [1.29, 1.82) is 0 Å². The Labute approximate surface area is 133 Å². The first-order valence-electron chi connectivity index (χ1n) is 6.21. The normalized spacial score (nSPS) is 20.6. The lowest BCUT2D eigenvalue weighted by molar-refractivity contribution is -0.134. The number of fused-ring (bicyclic) bond motifs is 1. The summed E-state index contributed by atoms with van der Waals surface area (Å²) in [5.41, 5.74) is 0.0546. The van der Waals surface area contributed by atoms with Gasteiger partial charge in [0, 0.05) is 22.5 Å². The molecule has 7 heteroatoms. The molecule has 108 valence electrons. The molecule has 1 aromatic carbocycles. The highest BCUT2D eigenvalue weighted by Gasteiger charge is 2.43. The first-order valence-corrected chi connectivity index (χ1v) is 7.88. The smallest absolute Gasteiger partial charge is 0.339 e. The molecule has 2 aromatic rings. The van der Waals surface area contributed by atoms with E-state index in [-0.39, 0.29) is 5.91 Å². The molecule has 0 saturated heterocycles. The molecule has 5 nitrogen and oxygen atoms in total. The molecule has 1 N–H and O–H groups in total. The lowest BCUT2D eigenvalue weighted by Crippen LogP contribution is -2.48. The predicted octanol–water partition coefficient (Wildman–Crippen LogP) is 3.02. The number of benzene rings is 1. The predicted molar refractivity (Wildman–Crippen MR) is 82.4 cm³/mol. The Balaban J connectivity index is 1.88. The average Bonchev–Trinajstić information content (AvgIpc) is 2.92. The Morgan fingerprint density at radius 1 is 1.52 bits per heavy atom. The molecule has 1 unspecified atom stereocenters. The molecule has 1 aromatic heterocycles. The average molecular weight is 367 g/mol. The fraction of sp³-hybridized carbons (Fsp3) is 0.214. The minimum absolute atomic E-state index is 0.332. The molecular weight excluding hydrogens is 356 g/mol. The quantitative estimate of drug-likeness (QED) is 0.829. The van der Waals surface area contributed by atoms with Crippen LogP contribution in [0.1, 0.15) is 22.8 Å². The number of cyclic esters (lactones) is 1. The number of halogens is 1. The van der Waals surface area contributed by atoms with Gasteiger partial charge in [0.25, 0.3) is 5.91 Å². The van der Waals surface area contributed by atoms with Crippen molar-refractivity contribution in [3.05, 3.63) is 45.4 Å². The van der Waals surface area contributed by atoms with E-state index in [0.717, 1.165) is 10.0 Å². The number of esters is 1. The van der Waals surface area contributed by atoms with Crippen molar-refractivity contribution in [3.8, 4) is 0 Å². The number of carbonyl (C=O) groups excluding carboxylic acids is 2. The largest absolute Gasteiger partial charge is 0.445 e. The van der Waals surface area contributed by atoms with Crippen LogP contribution in [0.4, 0.5) is 5.13 Å². The molecule has 0 bridgehead atoms. The molecule has 0 saturated carbocycles. The van der Waals surface area contributed by atoms with Crippen LogP contribution < -0.4 is 5.32 Å². The monoisotopic (exact) mass is 366 g/mol. The Morgan fingerprint density at radius 2 is 2.33 bits per heavy atom. The van der Waals surface area contributed by atoms with Gasteiger partial charge in [-0.3, -0.25) is 10.1 Å². The van der Waals surface area contributed by atoms with Gasteiger partial charge in [-0.1, -0.05) is 22.0 Å². The molecule has 1 amide bonds. The third-order valence-corrected chi connectivity index (χ3v) is 4.45. The Bertz CT molecular complexity index is 717. The Kier molecular flexibility index (Phi) is 3.54. The number of thiazole rings is 1. The topological polar surface area (TPSA) is 68.3 Å². The molecule has 3 rings (SSSR count). The summed E-state index contributed by atoms with van der Waals surface area (Å²) in [5, 5.41) is 4.92. The molecule has 0 aliphatic carbocycles. The Hall–Kier alpha value is -1.73. The number of ether oxygens (including phenoxy) is 1. The van der Waals surface area contributed by atoms with Crippen LogP contribution in [-0.2, 0) is 16.0 Å². The van der Waals surface area contributed by atoms with Crippen LogP contribution in [-0.4, -0.2) is 22.5 Å². The number of anilines is 1. The van der Waals surface area contributed by atoms with E-state index in [1.807, 2.05) is 12.1 Å². The van der Waals surface area contributed by atoms with E-state index in [9.17, 15) is 9.59 Å². The van der Waals surface area contributed by atoms with Crippen molar-refractivity contribution in [2.24, 2.45) is 0 Å². The van der Waals surface area contributed by atoms with Crippen LogP contribution in [0.3, 0.4) is 0 Å². The van der Waals surface area contributed by atoms with E-state index < -0.39 is 11.6 Å². The fourth-order valence-corrected chi connectivity index (χ4v) is 3.08. The fourth-order valence-electron chi connectivity index (χ4n) is 2.19. The van der Waals surface area contributed by atoms with Crippen LogP contribution in [0.15, 0.2) is 34.2 Å². The van der Waals surface area contributed by atoms with Crippen molar-refractivity contribution in [2.75, 3.05) is 5.32 Å². The van der Waals surface area contributed by atoms with Gasteiger partial charge in [0.05, 0.1) is 5.56 Å². The first-order chi connectivity index (χ1) is 9.98. The summed E-state index contributed by atoms with van der Waals surface area (Å²) in [7, 11) is 0. The minimum Gasteiger partial charge on any atom is -0.445 e. The van der Waals surface area contributed by atoms with Gasteiger partial charge in [-0.25, -0.2) is 9.78 Å². The van der Waals surface area contributed by atoms with E-state index in [2.05, 4.69) is 26.2 Å². The maximum absolute atomic E-state index is 12.4. The number of nitrogens with zero attached hydrogens (tertiary/aromatic N) is 1. The lowest BCUT2D eigenvalue weighted by Gasteiger charge is -2.32. The van der Waals surface area contributed by atoms with Gasteiger partial charge in [-0.15, -0.1) is 11.3 Å². The van der Waals surface area contributed by atoms with Crippen molar-refractivity contribution in [1.82, 2.24) is 4.98 Å². The minimum atomic E-state index is -1.23. The molecule has 1 aliphatic rings. The van der Waals surface area contributed by atoms with E-state index in [4.69, 9.17) is 4.74 Å². The number of rotatable bonds is 2. The van der Waals surface area contributed by atoms with Gasteiger partial charge in [-0.2, -0.15) is 0 Å². The third-order valence-electron chi connectivity index (χ3n) is 3.27.